The van der Waals surface area contributed by atoms with Gasteiger partial charge >= 0.3 is 0 Å². The minimum atomic E-state index is -0.0270. The Bertz CT molecular complexity index is 1190. The Labute approximate surface area is 186 Å². The van der Waals surface area contributed by atoms with Gasteiger partial charge in [-0.25, -0.2) is 9.97 Å². The van der Waals surface area contributed by atoms with Gasteiger partial charge in [-0.2, -0.15) is 0 Å². The van der Waals surface area contributed by atoms with E-state index in [1.165, 1.54) is 0 Å². The summed E-state index contributed by atoms with van der Waals surface area (Å²) in [4.78, 5) is 15.6. The number of nitrogens with zero attached hydrogens (tertiary/aromatic N) is 4. The topological polar surface area (TPSA) is 89.8 Å². The highest BCUT2D eigenvalue weighted by molar-refractivity contribution is 5.82. The second-order valence-corrected chi connectivity index (χ2v) is 6.96. The number of aliphatic hydroxyl groups is 1. The van der Waals surface area contributed by atoms with Crippen LogP contribution >= 0.6 is 0 Å². The first-order valence-corrected chi connectivity index (χ1v) is 10.0. The fraction of sp³-hybridized carbons (Fsp3) is 0.208. The normalized spacial score (nSPS) is 10.8. The summed E-state index contributed by atoms with van der Waals surface area (Å²) in [6.45, 7) is 0.359. The van der Waals surface area contributed by atoms with Crippen LogP contribution in [0.2, 0.25) is 0 Å². The molecule has 0 spiro atoms. The molecule has 0 bridgehead atoms. The lowest BCUT2D eigenvalue weighted by atomic mass is 10.1. The van der Waals surface area contributed by atoms with Crippen molar-refractivity contribution in [3.05, 3.63) is 60.9 Å². The Hall–Kier alpha value is -3.91. The quantitative estimate of drug-likeness (QED) is 0.449. The largest absolute Gasteiger partial charge is 0.497 e. The van der Waals surface area contributed by atoms with E-state index in [-0.39, 0.29) is 6.61 Å². The molecule has 0 amide bonds. The van der Waals surface area contributed by atoms with E-state index in [9.17, 15) is 5.11 Å². The van der Waals surface area contributed by atoms with Crippen LogP contribution in [0, 0.1) is 0 Å². The van der Waals surface area contributed by atoms with Gasteiger partial charge in [0.25, 0.3) is 0 Å². The zero-order chi connectivity index (χ0) is 22.5. The first kappa shape index (κ1) is 21.3. The lowest BCUT2D eigenvalue weighted by molar-refractivity contribution is 0.305. The molecule has 8 nitrogen and oxygen atoms in total. The van der Waals surface area contributed by atoms with Gasteiger partial charge in [-0.05, 0) is 24.3 Å². The van der Waals surface area contributed by atoms with Crippen molar-refractivity contribution in [3.63, 3.8) is 0 Å². The number of rotatable bonds is 8. The minimum absolute atomic E-state index is 0.0270. The number of anilines is 2. The molecule has 8 heteroatoms. The smallest absolute Gasteiger partial charge is 0.212 e. The molecule has 2 heterocycles. The maximum Gasteiger partial charge on any atom is 0.212 e. The number of benzene rings is 2. The zero-order valence-corrected chi connectivity index (χ0v) is 18.1. The van der Waals surface area contributed by atoms with Crippen LogP contribution in [0.1, 0.15) is 0 Å². The number of pyridine rings is 1. The van der Waals surface area contributed by atoms with Crippen molar-refractivity contribution in [2.45, 2.75) is 0 Å². The van der Waals surface area contributed by atoms with Crippen LogP contribution in [0.5, 0.6) is 17.4 Å². The van der Waals surface area contributed by atoms with Crippen LogP contribution in [0.15, 0.2) is 60.9 Å². The maximum absolute atomic E-state index is 9.71. The van der Waals surface area contributed by atoms with Gasteiger partial charge in [0.2, 0.25) is 5.88 Å². The Balaban J connectivity index is 1.76. The zero-order valence-electron chi connectivity index (χ0n) is 18.1. The molecule has 4 aromatic rings. The van der Waals surface area contributed by atoms with E-state index in [0.29, 0.717) is 29.6 Å². The van der Waals surface area contributed by atoms with Crippen molar-refractivity contribution in [2.75, 3.05) is 39.4 Å². The number of hydrogen-bond acceptors (Lipinski definition) is 8. The molecule has 4 rings (SSSR count). The summed E-state index contributed by atoms with van der Waals surface area (Å²) < 4.78 is 15.9. The van der Waals surface area contributed by atoms with E-state index >= 15 is 0 Å². The van der Waals surface area contributed by atoms with Crippen molar-refractivity contribution in [3.8, 4) is 28.6 Å². The van der Waals surface area contributed by atoms with Gasteiger partial charge in [0.1, 0.15) is 11.5 Å². The molecule has 0 aliphatic rings. The summed E-state index contributed by atoms with van der Waals surface area (Å²) in [6.07, 6.45) is 3.43. The third-order valence-electron chi connectivity index (χ3n) is 5.05. The number of ether oxygens (including phenoxy) is 3. The molecule has 0 radical (unpaired) electrons. The molecular formula is C24H24N4O4. The van der Waals surface area contributed by atoms with Crippen LogP contribution in [0.4, 0.5) is 11.4 Å². The van der Waals surface area contributed by atoms with Crippen molar-refractivity contribution < 1.29 is 19.3 Å². The Kier molecular flexibility index (Phi) is 6.32. The van der Waals surface area contributed by atoms with Crippen LogP contribution < -0.4 is 19.1 Å². The summed E-state index contributed by atoms with van der Waals surface area (Å²) in [5.74, 6) is 1.87. The van der Waals surface area contributed by atoms with Crippen LogP contribution in [0.25, 0.3) is 22.3 Å². The first-order valence-electron chi connectivity index (χ1n) is 10.0. The fourth-order valence-electron chi connectivity index (χ4n) is 3.41. The molecule has 2 aromatic heterocycles. The summed E-state index contributed by atoms with van der Waals surface area (Å²) in [5.41, 5.74) is 4.75. The van der Waals surface area contributed by atoms with Gasteiger partial charge in [-0.3, -0.25) is 4.98 Å². The molecule has 0 aliphatic carbocycles. The van der Waals surface area contributed by atoms with E-state index in [1.807, 2.05) is 47.4 Å². The van der Waals surface area contributed by atoms with Crippen molar-refractivity contribution in [1.29, 1.82) is 0 Å². The molecule has 0 saturated carbocycles. The Morgan fingerprint density at radius 3 is 2.19 bits per heavy atom. The molecular weight excluding hydrogens is 408 g/mol. The highest BCUT2D eigenvalue weighted by Gasteiger charge is 2.14. The standard InChI is InChI=1S/C24H24N4O4/c1-30-19-10-18(11-20(13-19)31-2)28(8-9-29)17-5-6-21-22(12-17)27-23(15-25-21)16-4-7-24(32-3)26-14-16/h4-7,10-15,29H,8-9H2,1-3H3. The number of aliphatic hydroxyl groups excluding tert-OH is 1. The van der Waals surface area contributed by atoms with Crippen LogP contribution in [-0.4, -0.2) is 54.5 Å². The summed E-state index contributed by atoms with van der Waals surface area (Å²) in [6, 6.07) is 15.1. The van der Waals surface area contributed by atoms with Gasteiger partial charge in [0.15, 0.2) is 0 Å². The molecule has 0 fully saturated rings. The van der Waals surface area contributed by atoms with Crippen molar-refractivity contribution in [2.24, 2.45) is 0 Å². The van der Waals surface area contributed by atoms with E-state index in [1.54, 1.807) is 39.8 Å². The number of fused-ring (bicyclic) bond motifs is 1. The molecule has 1 N–H and O–H groups in total. The predicted molar refractivity (Wildman–Crippen MR) is 123 cm³/mol. The third kappa shape index (κ3) is 4.40. The van der Waals surface area contributed by atoms with E-state index in [2.05, 4.69) is 9.97 Å². The number of hydrogen-bond donors (Lipinski definition) is 1. The van der Waals surface area contributed by atoms with Gasteiger partial charge in [-0.1, -0.05) is 0 Å². The van der Waals surface area contributed by atoms with Crippen molar-refractivity contribution >= 4 is 22.4 Å². The van der Waals surface area contributed by atoms with E-state index < -0.39 is 0 Å². The Morgan fingerprint density at radius 2 is 1.56 bits per heavy atom. The third-order valence-corrected chi connectivity index (χ3v) is 5.05. The van der Waals surface area contributed by atoms with Gasteiger partial charge in [0.05, 0.1) is 50.9 Å². The van der Waals surface area contributed by atoms with Gasteiger partial charge in [0, 0.05) is 53.9 Å². The highest BCUT2D eigenvalue weighted by atomic mass is 16.5. The van der Waals surface area contributed by atoms with E-state index in [0.717, 1.165) is 28.0 Å². The average Bonchev–Trinajstić information content (AvgIpc) is 2.86. The molecule has 0 aliphatic heterocycles. The molecule has 0 atom stereocenters. The molecule has 0 saturated heterocycles. The lowest BCUT2D eigenvalue weighted by Gasteiger charge is -2.25. The molecule has 32 heavy (non-hydrogen) atoms. The average molecular weight is 432 g/mol. The SMILES string of the molecule is COc1cc(OC)cc(N(CCO)c2ccc3ncc(-c4ccc(OC)nc4)nc3c2)c1. The molecule has 0 unspecified atom stereocenters. The van der Waals surface area contributed by atoms with Crippen LogP contribution in [-0.2, 0) is 0 Å². The lowest BCUT2D eigenvalue weighted by Crippen LogP contribution is -2.21. The minimum Gasteiger partial charge on any atom is -0.497 e. The number of aromatic nitrogens is 3. The summed E-state index contributed by atoms with van der Waals surface area (Å²) in [7, 11) is 4.79. The Morgan fingerprint density at radius 1 is 0.781 bits per heavy atom. The van der Waals surface area contributed by atoms with Crippen LogP contribution in [0.3, 0.4) is 0 Å². The second-order valence-electron chi connectivity index (χ2n) is 6.96. The summed E-state index contributed by atoms with van der Waals surface area (Å²) >= 11 is 0. The van der Waals surface area contributed by atoms with Crippen molar-refractivity contribution in [1.82, 2.24) is 15.0 Å². The predicted octanol–water partition coefficient (Wildman–Crippen LogP) is 3.85. The highest BCUT2D eigenvalue weighted by Crippen LogP contribution is 2.34. The fourth-order valence-corrected chi connectivity index (χ4v) is 3.41. The second kappa shape index (κ2) is 9.49. The maximum atomic E-state index is 9.71. The monoisotopic (exact) mass is 432 g/mol. The first-order chi connectivity index (χ1) is 15.6. The molecule has 2 aromatic carbocycles. The van der Waals surface area contributed by atoms with Gasteiger partial charge < -0.3 is 24.2 Å². The number of methoxy groups -OCH3 is 3. The van der Waals surface area contributed by atoms with E-state index in [4.69, 9.17) is 19.2 Å². The summed E-state index contributed by atoms with van der Waals surface area (Å²) in [5, 5.41) is 9.71. The molecule has 164 valence electrons. The van der Waals surface area contributed by atoms with Gasteiger partial charge in [-0.15, -0.1) is 0 Å².